The van der Waals surface area contributed by atoms with Gasteiger partial charge in [-0.25, -0.2) is 4.39 Å². The number of nitrogens with zero attached hydrogens (tertiary/aromatic N) is 2. The van der Waals surface area contributed by atoms with Crippen LogP contribution < -0.4 is 10.6 Å². The van der Waals surface area contributed by atoms with Crippen LogP contribution >= 0.6 is 12.2 Å². The molecule has 1 amide bonds. The molecule has 0 saturated carbocycles. The molecule has 0 radical (unpaired) electrons. The number of aromatic nitrogens is 2. The number of carbonyl (C=O) groups is 1. The number of thiocarbonyl (C=S) groups is 1. The quantitative estimate of drug-likeness (QED) is 0.543. The molecule has 3 aromatic rings. The number of benzene rings is 1. The van der Waals surface area contributed by atoms with E-state index in [0.717, 1.165) is 11.4 Å². The first-order valence-electron chi connectivity index (χ1n) is 9.28. The van der Waals surface area contributed by atoms with Gasteiger partial charge in [-0.3, -0.25) is 9.78 Å². The lowest BCUT2D eigenvalue weighted by Gasteiger charge is -2.26. The van der Waals surface area contributed by atoms with E-state index in [-0.39, 0.29) is 30.2 Å². The van der Waals surface area contributed by atoms with Crippen LogP contribution in [0.1, 0.15) is 29.9 Å². The summed E-state index contributed by atoms with van der Waals surface area (Å²) in [4.78, 5) is 22.1. The van der Waals surface area contributed by atoms with Crippen molar-refractivity contribution >= 4 is 28.9 Å². The van der Waals surface area contributed by atoms with Crippen molar-refractivity contribution in [1.82, 2.24) is 20.2 Å². The Hall–Kier alpha value is -3.26. The number of H-pyrrole nitrogens is 1. The van der Waals surface area contributed by atoms with Crippen molar-refractivity contribution in [2.45, 2.75) is 18.5 Å². The second kappa shape index (κ2) is 8.40. The monoisotopic (exact) mass is 409 g/mol. The Morgan fingerprint density at radius 2 is 2.00 bits per heavy atom. The molecule has 8 heteroatoms. The summed E-state index contributed by atoms with van der Waals surface area (Å²) in [6.07, 6.45) is 3.86. The van der Waals surface area contributed by atoms with Gasteiger partial charge in [0.05, 0.1) is 17.8 Å². The van der Waals surface area contributed by atoms with E-state index >= 15 is 0 Å². The van der Waals surface area contributed by atoms with Crippen LogP contribution in [0.3, 0.4) is 0 Å². The Balaban J connectivity index is 1.48. The fraction of sp³-hybridized carbons (Fsp3) is 0.190. The third kappa shape index (κ3) is 4.27. The molecule has 2 aromatic heterocycles. The molecule has 0 unspecified atom stereocenters. The lowest BCUT2D eigenvalue weighted by Crippen LogP contribution is -2.32. The average Bonchev–Trinajstić information content (AvgIpc) is 3.36. The number of hydrogen-bond acceptors (Lipinski definition) is 3. The van der Waals surface area contributed by atoms with Gasteiger partial charge in [0.25, 0.3) is 0 Å². The summed E-state index contributed by atoms with van der Waals surface area (Å²) in [5.74, 6) is -0.503. The summed E-state index contributed by atoms with van der Waals surface area (Å²) in [5, 5.41) is 6.70. The van der Waals surface area contributed by atoms with Crippen molar-refractivity contribution < 1.29 is 9.18 Å². The van der Waals surface area contributed by atoms with Crippen molar-refractivity contribution in [3.8, 4) is 0 Å². The standard InChI is InChI=1S/C21H20FN5OS/c22-14-6-8-15(9-7-14)25-18(28)10-13-27-20(17-5-3-12-24-17)19(26-21(27)29)16-4-1-2-11-23-16/h1-9,11-12,19-20,24H,10,13H2,(H,25,28)(H,26,29)/t19-,20-/m1/s1. The third-order valence-corrected chi connectivity index (χ3v) is 5.20. The van der Waals surface area contributed by atoms with E-state index in [1.54, 1.807) is 6.20 Å². The van der Waals surface area contributed by atoms with Gasteiger partial charge < -0.3 is 20.5 Å². The van der Waals surface area contributed by atoms with E-state index in [2.05, 4.69) is 20.6 Å². The highest BCUT2D eigenvalue weighted by Crippen LogP contribution is 2.37. The zero-order valence-corrected chi connectivity index (χ0v) is 16.3. The maximum absolute atomic E-state index is 13.0. The zero-order chi connectivity index (χ0) is 20.2. The number of halogens is 1. The van der Waals surface area contributed by atoms with Crippen molar-refractivity contribution in [1.29, 1.82) is 0 Å². The fourth-order valence-corrected chi connectivity index (χ4v) is 3.82. The summed E-state index contributed by atoms with van der Waals surface area (Å²) in [7, 11) is 0. The van der Waals surface area contributed by atoms with Crippen LogP contribution in [0.5, 0.6) is 0 Å². The van der Waals surface area contributed by atoms with Crippen LogP contribution in [0.25, 0.3) is 0 Å². The first-order chi connectivity index (χ1) is 14.1. The minimum Gasteiger partial charge on any atom is -0.363 e. The number of hydrogen-bond donors (Lipinski definition) is 3. The van der Waals surface area contributed by atoms with Gasteiger partial charge in [-0.05, 0) is 60.7 Å². The molecule has 3 heterocycles. The Morgan fingerprint density at radius 1 is 1.17 bits per heavy atom. The summed E-state index contributed by atoms with van der Waals surface area (Å²) in [6, 6.07) is 15.2. The molecule has 148 valence electrons. The largest absolute Gasteiger partial charge is 0.363 e. The molecule has 0 aliphatic carbocycles. The maximum atomic E-state index is 13.0. The van der Waals surface area contributed by atoms with E-state index in [0.29, 0.717) is 17.3 Å². The molecule has 1 saturated heterocycles. The molecule has 1 aromatic carbocycles. The third-order valence-electron chi connectivity index (χ3n) is 4.85. The van der Waals surface area contributed by atoms with Crippen LogP contribution in [0.15, 0.2) is 67.0 Å². The van der Waals surface area contributed by atoms with Crippen LogP contribution in [-0.2, 0) is 4.79 Å². The normalized spacial score (nSPS) is 18.5. The second-order valence-corrected chi connectivity index (χ2v) is 7.14. The lowest BCUT2D eigenvalue weighted by molar-refractivity contribution is -0.116. The van der Waals surface area contributed by atoms with E-state index in [9.17, 15) is 9.18 Å². The summed E-state index contributed by atoms with van der Waals surface area (Å²) in [5.41, 5.74) is 2.44. The number of anilines is 1. The van der Waals surface area contributed by atoms with E-state index in [1.165, 1.54) is 24.3 Å². The molecule has 1 aliphatic rings. The molecule has 2 atom stereocenters. The second-order valence-electron chi connectivity index (χ2n) is 6.75. The molecule has 0 spiro atoms. The highest BCUT2D eigenvalue weighted by molar-refractivity contribution is 7.80. The topological polar surface area (TPSA) is 73.0 Å². The number of pyridine rings is 1. The minimum atomic E-state index is -0.342. The van der Waals surface area contributed by atoms with Gasteiger partial charge in [-0.2, -0.15) is 0 Å². The Morgan fingerprint density at radius 3 is 2.69 bits per heavy atom. The molecular formula is C21H20FN5OS. The highest BCUT2D eigenvalue weighted by atomic mass is 32.1. The van der Waals surface area contributed by atoms with E-state index < -0.39 is 0 Å². The molecule has 29 heavy (non-hydrogen) atoms. The highest BCUT2D eigenvalue weighted by Gasteiger charge is 2.40. The van der Waals surface area contributed by atoms with Crippen molar-refractivity contribution in [2.24, 2.45) is 0 Å². The molecule has 1 aliphatic heterocycles. The van der Waals surface area contributed by atoms with Crippen LogP contribution in [0.4, 0.5) is 10.1 Å². The fourth-order valence-electron chi connectivity index (χ4n) is 3.49. The van der Waals surface area contributed by atoms with Crippen LogP contribution in [0.2, 0.25) is 0 Å². The smallest absolute Gasteiger partial charge is 0.226 e. The summed E-state index contributed by atoms with van der Waals surface area (Å²) >= 11 is 5.56. The first kappa shape index (κ1) is 19.1. The van der Waals surface area contributed by atoms with Gasteiger partial charge in [0.15, 0.2) is 5.11 Å². The van der Waals surface area contributed by atoms with E-state index in [1.807, 2.05) is 41.4 Å². The van der Waals surface area contributed by atoms with Gasteiger partial charge in [-0.1, -0.05) is 6.07 Å². The van der Waals surface area contributed by atoms with Crippen LogP contribution in [-0.4, -0.2) is 32.4 Å². The minimum absolute atomic E-state index is 0.106. The number of amides is 1. The summed E-state index contributed by atoms with van der Waals surface area (Å²) < 4.78 is 13.0. The first-order valence-corrected chi connectivity index (χ1v) is 9.69. The van der Waals surface area contributed by atoms with Gasteiger partial charge in [-0.15, -0.1) is 0 Å². The maximum Gasteiger partial charge on any atom is 0.226 e. The van der Waals surface area contributed by atoms with Crippen molar-refractivity contribution in [2.75, 3.05) is 11.9 Å². The van der Waals surface area contributed by atoms with Gasteiger partial charge in [0.1, 0.15) is 5.82 Å². The van der Waals surface area contributed by atoms with Crippen LogP contribution in [0, 0.1) is 5.82 Å². The molecule has 1 fully saturated rings. The van der Waals surface area contributed by atoms with Crippen molar-refractivity contribution in [3.63, 3.8) is 0 Å². The molecule has 3 N–H and O–H groups in total. The number of nitrogens with one attached hydrogen (secondary N) is 3. The Bertz CT molecular complexity index is 978. The predicted molar refractivity (Wildman–Crippen MR) is 113 cm³/mol. The SMILES string of the molecule is O=C(CCN1C(=S)N[C@H](c2ccccn2)[C@H]1c1ccc[nH]1)Nc1ccc(F)cc1. The number of rotatable bonds is 6. The summed E-state index contributed by atoms with van der Waals surface area (Å²) in [6.45, 7) is 0.436. The number of carbonyl (C=O) groups excluding carboxylic acids is 1. The lowest BCUT2D eigenvalue weighted by atomic mass is 10.0. The average molecular weight is 409 g/mol. The molecule has 6 nitrogen and oxygen atoms in total. The number of aromatic amines is 1. The Labute approximate surface area is 173 Å². The van der Waals surface area contributed by atoms with Gasteiger partial charge in [0.2, 0.25) is 5.91 Å². The zero-order valence-electron chi connectivity index (χ0n) is 15.5. The Kier molecular flexibility index (Phi) is 5.53. The van der Waals surface area contributed by atoms with E-state index in [4.69, 9.17) is 12.2 Å². The van der Waals surface area contributed by atoms with Gasteiger partial charge in [0, 0.05) is 36.7 Å². The van der Waals surface area contributed by atoms with Gasteiger partial charge >= 0.3 is 0 Å². The van der Waals surface area contributed by atoms with Crippen molar-refractivity contribution in [3.05, 3.63) is 84.2 Å². The predicted octanol–water partition coefficient (Wildman–Crippen LogP) is 3.55. The molecule has 4 rings (SSSR count). The molecule has 0 bridgehead atoms. The molecular weight excluding hydrogens is 389 g/mol.